The topological polar surface area (TPSA) is 109 Å². The quantitative estimate of drug-likeness (QED) is 0.544. The van der Waals surface area contributed by atoms with Crippen LogP contribution in [0.3, 0.4) is 0 Å². The monoisotopic (exact) mass is 519 g/mol. The van der Waals surface area contributed by atoms with Gasteiger partial charge in [0.25, 0.3) is 5.91 Å². The highest BCUT2D eigenvalue weighted by molar-refractivity contribution is 7.89. The Hall–Kier alpha value is -3.64. The van der Waals surface area contributed by atoms with Crippen LogP contribution in [-0.2, 0) is 21.0 Å². The van der Waals surface area contributed by atoms with E-state index < -0.39 is 44.6 Å². The number of rotatable bonds is 4. The van der Waals surface area contributed by atoms with Crippen LogP contribution in [0.4, 0.5) is 18.9 Å². The Kier molecular flexibility index (Phi) is 5.87. The number of hydrogen-bond donors (Lipinski definition) is 2. The van der Waals surface area contributed by atoms with E-state index in [4.69, 9.17) is 4.42 Å². The fourth-order valence-electron chi connectivity index (χ4n) is 4.49. The van der Waals surface area contributed by atoms with E-state index in [9.17, 15) is 31.2 Å². The first-order valence-electron chi connectivity index (χ1n) is 11.0. The predicted octanol–water partition coefficient (Wildman–Crippen LogP) is 3.87. The maximum absolute atomic E-state index is 13.3. The molecule has 0 bridgehead atoms. The van der Waals surface area contributed by atoms with Crippen molar-refractivity contribution in [2.24, 2.45) is 0 Å². The molecule has 2 aromatic carbocycles. The smallest absolute Gasteiger partial charge is 0.416 e. The lowest BCUT2D eigenvalue weighted by Crippen LogP contribution is -2.54. The first-order valence-corrected chi connectivity index (χ1v) is 12.5. The van der Waals surface area contributed by atoms with Crippen molar-refractivity contribution in [1.29, 1.82) is 0 Å². The van der Waals surface area contributed by atoms with Crippen LogP contribution in [0.2, 0.25) is 0 Å². The molecule has 1 fully saturated rings. The number of carbonyl (C=O) groups excluding carboxylic acids is 2. The van der Waals surface area contributed by atoms with E-state index in [0.717, 1.165) is 18.2 Å². The first kappa shape index (κ1) is 24.1. The van der Waals surface area contributed by atoms with Crippen LogP contribution in [-0.4, -0.2) is 43.8 Å². The SMILES string of the molecule is O=C1Nc2ccc(-c3ccco3)cc2C(=O)N2CC[C@H](NS(=O)(=O)c3cccc(C(F)(F)F)c3)C[C@@H]12. The van der Waals surface area contributed by atoms with Gasteiger partial charge < -0.3 is 14.6 Å². The lowest BCUT2D eigenvalue weighted by atomic mass is 9.97. The summed E-state index contributed by atoms with van der Waals surface area (Å²) in [6.45, 7) is 0.0805. The van der Waals surface area contributed by atoms with Crippen LogP contribution in [0.5, 0.6) is 0 Å². The molecule has 0 saturated carbocycles. The minimum atomic E-state index is -4.69. The normalized spacial score (nSPS) is 20.4. The summed E-state index contributed by atoms with van der Waals surface area (Å²) < 4.78 is 72.5. The Labute approximate surface area is 204 Å². The van der Waals surface area contributed by atoms with Crippen molar-refractivity contribution in [3.63, 3.8) is 0 Å². The summed E-state index contributed by atoms with van der Waals surface area (Å²) in [6.07, 6.45) is -3.04. The highest BCUT2D eigenvalue weighted by Crippen LogP contribution is 2.33. The number of amides is 2. The molecule has 2 amide bonds. The van der Waals surface area contributed by atoms with E-state index in [-0.39, 0.29) is 30.9 Å². The van der Waals surface area contributed by atoms with Crippen LogP contribution in [0.1, 0.15) is 28.8 Å². The molecule has 0 unspecified atom stereocenters. The van der Waals surface area contributed by atoms with Crippen molar-refractivity contribution in [3.05, 3.63) is 72.0 Å². The molecule has 2 aliphatic rings. The molecule has 5 rings (SSSR count). The molecular formula is C24H20F3N3O5S. The van der Waals surface area contributed by atoms with Gasteiger partial charge in [-0.15, -0.1) is 0 Å². The molecule has 2 N–H and O–H groups in total. The van der Waals surface area contributed by atoms with Gasteiger partial charge in [-0.2, -0.15) is 13.2 Å². The molecule has 12 heteroatoms. The molecule has 3 heterocycles. The molecule has 0 radical (unpaired) electrons. The highest BCUT2D eigenvalue weighted by Gasteiger charge is 2.41. The van der Waals surface area contributed by atoms with Gasteiger partial charge in [-0.1, -0.05) is 6.07 Å². The predicted molar refractivity (Wildman–Crippen MR) is 122 cm³/mol. The van der Waals surface area contributed by atoms with Crippen molar-refractivity contribution >= 4 is 27.5 Å². The molecule has 0 aliphatic carbocycles. The Morgan fingerprint density at radius 3 is 2.58 bits per heavy atom. The van der Waals surface area contributed by atoms with Gasteiger partial charge in [0.15, 0.2) is 0 Å². The van der Waals surface area contributed by atoms with Gasteiger partial charge in [0.2, 0.25) is 15.9 Å². The summed E-state index contributed by atoms with van der Waals surface area (Å²) in [6, 6.07) is 10.1. The van der Waals surface area contributed by atoms with E-state index in [1.54, 1.807) is 30.3 Å². The highest BCUT2D eigenvalue weighted by atomic mass is 32.2. The lowest BCUT2D eigenvalue weighted by Gasteiger charge is -2.37. The van der Waals surface area contributed by atoms with E-state index in [1.165, 1.54) is 11.2 Å². The van der Waals surface area contributed by atoms with Crippen LogP contribution in [0.25, 0.3) is 11.3 Å². The Morgan fingerprint density at radius 2 is 1.86 bits per heavy atom. The average Bonchev–Trinajstić information content (AvgIpc) is 3.35. The van der Waals surface area contributed by atoms with E-state index in [2.05, 4.69) is 10.0 Å². The summed E-state index contributed by atoms with van der Waals surface area (Å²) >= 11 is 0. The van der Waals surface area contributed by atoms with Crippen molar-refractivity contribution < 1.29 is 35.6 Å². The van der Waals surface area contributed by atoms with Crippen LogP contribution < -0.4 is 10.0 Å². The number of alkyl halides is 3. The Balaban J connectivity index is 1.36. The van der Waals surface area contributed by atoms with Crippen molar-refractivity contribution in [2.45, 2.75) is 36.0 Å². The van der Waals surface area contributed by atoms with Crippen LogP contribution in [0, 0.1) is 0 Å². The number of fused-ring (bicyclic) bond motifs is 2. The summed E-state index contributed by atoms with van der Waals surface area (Å²) in [7, 11) is -4.30. The van der Waals surface area contributed by atoms with Crippen molar-refractivity contribution in [1.82, 2.24) is 9.62 Å². The lowest BCUT2D eigenvalue weighted by molar-refractivity contribution is -0.137. The number of carbonyl (C=O) groups is 2. The van der Waals surface area contributed by atoms with E-state index >= 15 is 0 Å². The fraction of sp³-hybridized carbons (Fsp3) is 0.250. The van der Waals surface area contributed by atoms with Crippen LogP contribution >= 0.6 is 0 Å². The number of piperidine rings is 1. The van der Waals surface area contributed by atoms with Gasteiger partial charge >= 0.3 is 6.18 Å². The summed E-state index contributed by atoms with van der Waals surface area (Å²) in [5.41, 5.74) is 0.183. The van der Waals surface area contributed by atoms with Gasteiger partial charge in [0.05, 0.1) is 28.0 Å². The number of benzene rings is 2. The van der Waals surface area contributed by atoms with E-state index in [0.29, 0.717) is 23.1 Å². The van der Waals surface area contributed by atoms with E-state index in [1.807, 2.05) is 0 Å². The van der Waals surface area contributed by atoms with Crippen LogP contribution in [0.15, 0.2) is 70.2 Å². The summed E-state index contributed by atoms with van der Waals surface area (Å²) in [4.78, 5) is 27.2. The van der Waals surface area contributed by atoms with Crippen molar-refractivity contribution in [2.75, 3.05) is 11.9 Å². The number of nitrogens with zero attached hydrogens (tertiary/aromatic N) is 1. The molecule has 2 aliphatic heterocycles. The minimum absolute atomic E-state index is 0.0329. The largest absolute Gasteiger partial charge is 0.464 e. The Morgan fingerprint density at radius 1 is 1.06 bits per heavy atom. The maximum Gasteiger partial charge on any atom is 0.416 e. The number of hydrogen-bond acceptors (Lipinski definition) is 5. The molecule has 36 heavy (non-hydrogen) atoms. The van der Waals surface area contributed by atoms with Gasteiger partial charge in [0, 0.05) is 18.2 Å². The number of anilines is 1. The third-order valence-electron chi connectivity index (χ3n) is 6.27. The van der Waals surface area contributed by atoms with Gasteiger partial charge in [-0.05, 0) is 61.4 Å². The number of furan rings is 1. The first-order chi connectivity index (χ1) is 17.0. The molecule has 8 nitrogen and oxygen atoms in total. The van der Waals surface area contributed by atoms with Gasteiger partial charge in [0.1, 0.15) is 11.8 Å². The molecular weight excluding hydrogens is 499 g/mol. The molecule has 188 valence electrons. The third-order valence-corrected chi connectivity index (χ3v) is 7.79. The number of halogens is 3. The summed E-state index contributed by atoms with van der Waals surface area (Å²) in [5, 5.41) is 2.73. The zero-order valence-electron chi connectivity index (χ0n) is 18.6. The van der Waals surface area contributed by atoms with Gasteiger partial charge in [-0.25, -0.2) is 13.1 Å². The number of nitrogens with one attached hydrogen (secondary N) is 2. The average molecular weight is 520 g/mol. The zero-order valence-corrected chi connectivity index (χ0v) is 19.4. The molecule has 1 aromatic heterocycles. The maximum atomic E-state index is 13.3. The Bertz CT molecular complexity index is 1440. The second-order valence-electron chi connectivity index (χ2n) is 8.61. The standard InChI is InChI=1S/C24H20F3N3O5S/c25-24(26,27)15-3-1-4-17(12-15)36(33,34)29-16-8-9-30-20(13-16)22(31)28-19-7-6-14(11-18(19)23(30)32)21-5-2-10-35-21/h1-7,10-12,16,20,29H,8-9,13H2,(H,28,31)/t16-,20-/m0/s1. The molecule has 2 atom stereocenters. The van der Waals surface area contributed by atoms with Crippen molar-refractivity contribution in [3.8, 4) is 11.3 Å². The third kappa shape index (κ3) is 4.49. The zero-order chi connectivity index (χ0) is 25.7. The fourth-order valence-corrected chi connectivity index (χ4v) is 5.82. The minimum Gasteiger partial charge on any atom is -0.464 e. The number of sulfonamides is 1. The molecule has 0 spiro atoms. The second-order valence-corrected chi connectivity index (χ2v) is 10.3. The molecule has 1 saturated heterocycles. The van der Waals surface area contributed by atoms with Gasteiger partial charge in [-0.3, -0.25) is 9.59 Å². The molecule has 3 aromatic rings. The summed E-state index contributed by atoms with van der Waals surface area (Å²) in [5.74, 6) is -0.308. The second kappa shape index (κ2) is 8.79.